The molecule has 0 aromatic carbocycles. The molecule has 2 N–H and O–H groups in total. The molecule has 1 aromatic rings. The van der Waals surface area contributed by atoms with E-state index >= 15 is 0 Å². The van der Waals surface area contributed by atoms with Crippen LogP contribution in [-0.4, -0.2) is 56.2 Å². The van der Waals surface area contributed by atoms with Gasteiger partial charge in [0.15, 0.2) is 0 Å². The summed E-state index contributed by atoms with van der Waals surface area (Å²) in [7, 11) is 0. The summed E-state index contributed by atoms with van der Waals surface area (Å²) in [5, 5.41) is 25.3. The van der Waals surface area contributed by atoms with Crippen LogP contribution in [0.3, 0.4) is 0 Å². The van der Waals surface area contributed by atoms with Gasteiger partial charge < -0.3 is 15.1 Å². The van der Waals surface area contributed by atoms with Gasteiger partial charge in [-0.2, -0.15) is 10.2 Å². The monoisotopic (exact) mass is 279 g/mol. The second kappa shape index (κ2) is 5.64. The van der Waals surface area contributed by atoms with Gasteiger partial charge in [-0.3, -0.25) is 14.4 Å². The first-order valence-electron chi connectivity index (χ1n) is 6.02. The summed E-state index contributed by atoms with van der Waals surface area (Å²) in [5.41, 5.74) is 0.304. The van der Waals surface area contributed by atoms with E-state index in [1.807, 2.05) is 0 Å². The van der Waals surface area contributed by atoms with Gasteiger partial charge in [0, 0.05) is 13.1 Å². The molecule has 8 heteroatoms. The number of aromatic nitrogens is 2. The van der Waals surface area contributed by atoms with Crippen LogP contribution in [0.5, 0.6) is 0 Å². The van der Waals surface area contributed by atoms with Crippen LogP contribution in [0.25, 0.3) is 0 Å². The number of rotatable bonds is 3. The highest BCUT2D eigenvalue weighted by molar-refractivity contribution is 5.94. The summed E-state index contributed by atoms with van der Waals surface area (Å²) >= 11 is 0. The molecule has 0 saturated carbocycles. The molecule has 1 saturated heterocycles. The summed E-state index contributed by atoms with van der Waals surface area (Å²) in [4.78, 5) is 35.7. The van der Waals surface area contributed by atoms with E-state index in [1.165, 1.54) is 23.4 Å². The smallest absolute Gasteiger partial charge is 0.309 e. The number of likely N-dealkylation sites (tertiary alicyclic amines) is 1. The Labute approximate surface area is 114 Å². The molecule has 1 fully saturated rings. The van der Waals surface area contributed by atoms with Gasteiger partial charge in [-0.15, -0.1) is 0 Å². The molecule has 1 aromatic heterocycles. The molecule has 1 aliphatic rings. The Morgan fingerprint density at radius 2 is 1.85 bits per heavy atom. The summed E-state index contributed by atoms with van der Waals surface area (Å²) in [5.74, 6) is -4.78. The Morgan fingerprint density at radius 3 is 2.40 bits per heavy atom. The van der Waals surface area contributed by atoms with Crippen LogP contribution in [0.2, 0.25) is 0 Å². The molecule has 2 heterocycles. The van der Waals surface area contributed by atoms with Gasteiger partial charge in [0.25, 0.3) is 5.91 Å². The average molecular weight is 279 g/mol. The number of carbonyl (C=O) groups is 3. The van der Waals surface area contributed by atoms with E-state index in [4.69, 9.17) is 10.2 Å². The third-order valence-electron chi connectivity index (χ3n) is 3.37. The minimum absolute atomic E-state index is 0.118. The summed E-state index contributed by atoms with van der Waals surface area (Å²) < 4.78 is 0. The van der Waals surface area contributed by atoms with E-state index in [2.05, 4.69) is 10.2 Å². The molecule has 2 unspecified atom stereocenters. The SMILES string of the molecule is O=C(O)C1CCN(C(=O)c2ccnnc2)CC1C(=O)O. The van der Waals surface area contributed by atoms with Crippen molar-refractivity contribution in [3.8, 4) is 0 Å². The van der Waals surface area contributed by atoms with Gasteiger partial charge in [-0.1, -0.05) is 0 Å². The standard InChI is InChI=1S/C12H13N3O5/c16-10(7-1-3-13-14-5-7)15-4-2-8(11(17)18)9(6-15)12(19)20/h1,3,5,8-9H,2,4,6H2,(H,17,18)(H,19,20). The Bertz CT molecular complexity index is 533. The number of carboxylic acids is 2. The van der Waals surface area contributed by atoms with Crippen LogP contribution in [0, 0.1) is 11.8 Å². The number of hydrogen-bond acceptors (Lipinski definition) is 5. The molecule has 1 aliphatic heterocycles. The molecule has 2 atom stereocenters. The van der Waals surface area contributed by atoms with Crippen LogP contribution >= 0.6 is 0 Å². The van der Waals surface area contributed by atoms with Crippen molar-refractivity contribution in [2.45, 2.75) is 6.42 Å². The predicted octanol–water partition coefficient (Wildman–Crippen LogP) is -0.276. The molecular weight excluding hydrogens is 266 g/mol. The molecule has 2 rings (SSSR count). The van der Waals surface area contributed by atoms with Crippen LogP contribution < -0.4 is 0 Å². The minimum Gasteiger partial charge on any atom is -0.481 e. The van der Waals surface area contributed by atoms with Gasteiger partial charge in [0.1, 0.15) is 0 Å². The van der Waals surface area contributed by atoms with E-state index in [0.29, 0.717) is 5.56 Å². The van der Waals surface area contributed by atoms with Gasteiger partial charge in [-0.25, -0.2) is 0 Å². The van der Waals surface area contributed by atoms with E-state index in [-0.39, 0.29) is 25.4 Å². The van der Waals surface area contributed by atoms with Crippen molar-refractivity contribution in [1.82, 2.24) is 15.1 Å². The van der Waals surface area contributed by atoms with Crippen LogP contribution in [0.1, 0.15) is 16.8 Å². The summed E-state index contributed by atoms with van der Waals surface area (Å²) in [6, 6.07) is 1.48. The minimum atomic E-state index is -1.21. The van der Waals surface area contributed by atoms with Gasteiger partial charge in [0.05, 0.1) is 29.8 Å². The van der Waals surface area contributed by atoms with Crippen LogP contribution in [0.4, 0.5) is 0 Å². The van der Waals surface area contributed by atoms with Crippen molar-refractivity contribution in [1.29, 1.82) is 0 Å². The van der Waals surface area contributed by atoms with Crippen molar-refractivity contribution >= 4 is 17.8 Å². The number of hydrogen-bond donors (Lipinski definition) is 2. The van der Waals surface area contributed by atoms with E-state index in [1.54, 1.807) is 0 Å². The second-order valence-electron chi connectivity index (χ2n) is 4.56. The lowest BCUT2D eigenvalue weighted by atomic mass is 9.85. The Kier molecular flexibility index (Phi) is 3.92. The Hall–Kier alpha value is -2.51. The first-order chi connectivity index (χ1) is 9.50. The summed E-state index contributed by atoms with van der Waals surface area (Å²) in [6.07, 6.45) is 2.78. The van der Waals surface area contributed by atoms with Crippen molar-refractivity contribution in [3.05, 3.63) is 24.0 Å². The van der Waals surface area contributed by atoms with E-state index < -0.39 is 23.8 Å². The average Bonchev–Trinajstić information content (AvgIpc) is 2.46. The molecular formula is C12H13N3O5. The number of nitrogens with zero attached hydrogens (tertiary/aromatic N) is 3. The van der Waals surface area contributed by atoms with Crippen LogP contribution in [0.15, 0.2) is 18.5 Å². The zero-order chi connectivity index (χ0) is 14.7. The molecule has 0 radical (unpaired) electrons. The van der Waals surface area contributed by atoms with Crippen molar-refractivity contribution in [3.63, 3.8) is 0 Å². The molecule has 0 aliphatic carbocycles. The zero-order valence-electron chi connectivity index (χ0n) is 10.5. The van der Waals surface area contributed by atoms with Gasteiger partial charge >= 0.3 is 11.9 Å². The Morgan fingerprint density at radius 1 is 1.15 bits per heavy atom. The second-order valence-corrected chi connectivity index (χ2v) is 4.56. The molecule has 0 bridgehead atoms. The third-order valence-corrected chi connectivity index (χ3v) is 3.37. The summed E-state index contributed by atoms with van der Waals surface area (Å²) in [6.45, 7) is 0.0926. The molecule has 0 spiro atoms. The first-order valence-corrected chi connectivity index (χ1v) is 6.02. The van der Waals surface area contributed by atoms with E-state index in [9.17, 15) is 14.4 Å². The lowest BCUT2D eigenvalue weighted by molar-refractivity contribution is -0.156. The quantitative estimate of drug-likeness (QED) is 0.780. The van der Waals surface area contributed by atoms with E-state index in [0.717, 1.165) is 0 Å². The Balaban J connectivity index is 2.15. The van der Waals surface area contributed by atoms with Crippen molar-refractivity contribution in [2.75, 3.05) is 13.1 Å². The first kappa shape index (κ1) is 13.9. The maximum Gasteiger partial charge on any atom is 0.309 e. The van der Waals surface area contributed by atoms with Gasteiger partial charge in [0.2, 0.25) is 0 Å². The molecule has 106 valence electrons. The third kappa shape index (κ3) is 2.73. The molecule has 8 nitrogen and oxygen atoms in total. The maximum absolute atomic E-state index is 12.2. The number of amides is 1. The highest BCUT2D eigenvalue weighted by Gasteiger charge is 2.40. The number of carboxylic acid groups (broad SMARTS) is 2. The number of aliphatic carboxylic acids is 2. The van der Waals surface area contributed by atoms with Crippen molar-refractivity contribution < 1.29 is 24.6 Å². The van der Waals surface area contributed by atoms with Gasteiger partial charge in [-0.05, 0) is 12.5 Å². The number of carbonyl (C=O) groups excluding carboxylic acids is 1. The predicted molar refractivity (Wildman–Crippen MR) is 64.8 cm³/mol. The van der Waals surface area contributed by atoms with Crippen molar-refractivity contribution in [2.24, 2.45) is 11.8 Å². The largest absolute Gasteiger partial charge is 0.481 e. The highest BCUT2D eigenvalue weighted by Crippen LogP contribution is 2.25. The lowest BCUT2D eigenvalue weighted by Crippen LogP contribution is -2.48. The topological polar surface area (TPSA) is 121 Å². The molecule has 20 heavy (non-hydrogen) atoms. The zero-order valence-corrected chi connectivity index (χ0v) is 10.5. The normalized spacial score (nSPS) is 22.3. The van der Waals surface area contributed by atoms with Crippen LogP contribution in [-0.2, 0) is 9.59 Å². The molecule has 1 amide bonds. The highest BCUT2D eigenvalue weighted by atomic mass is 16.4. The fourth-order valence-electron chi connectivity index (χ4n) is 2.28. The lowest BCUT2D eigenvalue weighted by Gasteiger charge is -2.34. The maximum atomic E-state index is 12.2. The number of piperidine rings is 1. The fraction of sp³-hybridized carbons (Fsp3) is 0.417. The fourth-order valence-corrected chi connectivity index (χ4v) is 2.28.